The van der Waals surface area contributed by atoms with Gasteiger partial charge in [-0.2, -0.15) is 0 Å². The molecular weight excluding hydrogens is 290 g/mol. The fourth-order valence-electron chi connectivity index (χ4n) is 2.42. The highest BCUT2D eigenvalue weighted by molar-refractivity contribution is 7.24. The van der Waals surface area contributed by atoms with E-state index in [0.29, 0.717) is 5.13 Å². The molecule has 6 heteroatoms. The van der Waals surface area contributed by atoms with Crippen molar-refractivity contribution in [3.05, 3.63) is 17.1 Å². The Kier molecular flexibility index (Phi) is 2.75. The van der Waals surface area contributed by atoms with Gasteiger partial charge in [-0.15, -0.1) is 11.3 Å². The Balaban J connectivity index is 1.74. The van der Waals surface area contributed by atoms with Crippen LogP contribution in [-0.4, -0.2) is 15.9 Å². The normalized spacial score (nSPS) is 15.7. The van der Waals surface area contributed by atoms with Crippen LogP contribution in [-0.2, 0) is 4.79 Å². The molecule has 0 radical (unpaired) electrons. The van der Waals surface area contributed by atoms with Gasteiger partial charge in [-0.1, -0.05) is 17.8 Å². The average Bonchev–Trinajstić information content (AvgIpc) is 2.87. The summed E-state index contributed by atoms with van der Waals surface area (Å²) in [4.78, 5) is 21.1. The van der Waals surface area contributed by atoms with E-state index in [-0.39, 0.29) is 11.8 Å². The first-order valence-electron chi connectivity index (χ1n) is 6.68. The van der Waals surface area contributed by atoms with Crippen molar-refractivity contribution in [1.82, 2.24) is 9.97 Å². The summed E-state index contributed by atoms with van der Waals surface area (Å²) in [5.41, 5.74) is 1.92. The summed E-state index contributed by atoms with van der Waals surface area (Å²) in [6.45, 7) is 2.01. The maximum Gasteiger partial charge on any atom is 0.229 e. The summed E-state index contributed by atoms with van der Waals surface area (Å²) in [5, 5.41) is 4.70. The molecule has 0 saturated heterocycles. The summed E-state index contributed by atoms with van der Waals surface area (Å²) in [6.07, 6.45) is 3.18. The number of carbonyl (C=O) groups excluding carboxylic acids is 1. The lowest BCUT2D eigenvalue weighted by Crippen LogP contribution is -2.27. The second kappa shape index (κ2) is 4.49. The molecule has 1 aliphatic rings. The summed E-state index contributed by atoms with van der Waals surface area (Å²) < 4.78 is 2.24. The zero-order valence-corrected chi connectivity index (χ0v) is 12.6. The van der Waals surface area contributed by atoms with E-state index in [4.69, 9.17) is 0 Å². The van der Waals surface area contributed by atoms with Crippen LogP contribution in [0.3, 0.4) is 0 Å². The van der Waals surface area contributed by atoms with Gasteiger partial charge in [-0.25, -0.2) is 9.97 Å². The molecule has 0 unspecified atom stereocenters. The molecule has 4 rings (SSSR count). The molecule has 0 bridgehead atoms. The van der Waals surface area contributed by atoms with Gasteiger partial charge in [-0.3, -0.25) is 4.79 Å². The van der Waals surface area contributed by atoms with Gasteiger partial charge in [0, 0.05) is 5.92 Å². The summed E-state index contributed by atoms with van der Waals surface area (Å²) in [7, 11) is 0. The molecular formula is C14H13N3OS2. The number of aromatic nitrogens is 2. The van der Waals surface area contributed by atoms with Gasteiger partial charge in [0.25, 0.3) is 0 Å². The van der Waals surface area contributed by atoms with Gasteiger partial charge in [0.05, 0.1) is 19.9 Å². The minimum absolute atomic E-state index is 0.112. The highest BCUT2D eigenvalue weighted by Crippen LogP contribution is 2.35. The molecule has 4 nitrogen and oxygen atoms in total. The number of fused-ring (bicyclic) bond motifs is 3. The topological polar surface area (TPSA) is 54.9 Å². The van der Waals surface area contributed by atoms with Crippen molar-refractivity contribution in [2.24, 2.45) is 5.92 Å². The highest BCUT2D eigenvalue weighted by atomic mass is 32.1. The Labute approximate surface area is 123 Å². The lowest BCUT2D eigenvalue weighted by Gasteiger charge is -2.23. The van der Waals surface area contributed by atoms with Crippen molar-refractivity contribution in [2.45, 2.75) is 26.2 Å². The molecule has 2 heterocycles. The number of anilines is 1. The van der Waals surface area contributed by atoms with Crippen LogP contribution in [0.2, 0.25) is 0 Å². The van der Waals surface area contributed by atoms with Crippen molar-refractivity contribution < 1.29 is 4.79 Å². The molecule has 1 aliphatic carbocycles. The van der Waals surface area contributed by atoms with Gasteiger partial charge in [0.15, 0.2) is 5.13 Å². The van der Waals surface area contributed by atoms with E-state index in [1.165, 1.54) is 16.0 Å². The Morgan fingerprint density at radius 2 is 2.15 bits per heavy atom. The zero-order valence-electron chi connectivity index (χ0n) is 11.0. The highest BCUT2D eigenvalue weighted by Gasteiger charge is 2.26. The number of aryl methyl sites for hydroxylation is 1. The molecule has 0 aliphatic heterocycles. The fourth-order valence-corrected chi connectivity index (χ4v) is 4.28. The number of hydrogen-bond acceptors (Lipinski definition) is 5. The van der Waals surface area contributed by atoms with E-state index in [2.05, 4.69) is 21.4 Å². The molecule has 1 aromatic carbocycles. The van der Waals surface area contributed by atoms with Crippen molar-refractivity contribution in [3.8, 4) is 0 Å². The molecule has 2 aromatic heterocycles. The van der Waals surface area contributed by atoms with E-state index in [1.807, 2.05) is 13.0 Å². The quantitative estimate of drug-likeness (QED) is 0.780. The molecule has 1 fully saturated rings. The van der Waals surface area contributed by atoms with Crippen molar-refractivity contribution in [2.75, 3.05) is 5.32 Å². The van der Waals surface area contributed by atoms with E-state index in [0.717, 1.165) is 40.0 Å². The summed E-state index contributed by atoms with van der Waals surface area (Å²) in [5.74, 6) is 0.296. The van der Waals surface area contributed by atoms with Crippen LogP contribution < -0.4 is 5.32 Å². The third-order valence-electron chi connectivity index (χ3n) is 3.73. The first-order chi connectivity index (χ1) is 9.70. The average molecular weight is 303 g/mol. The van der Waals surface area contributed by atoms with Crippen molar-refractivity contribution >= 4 is 54.1 Å². The monoisotopic (exact) mass is 303 g/mol. The van der Waals surface area contributed by atoms with Gasteiger partial charge >= 0.3 is 0 Å². The molecule has 20 heavy (non-hydrogen) atoms. The lowest BCUT2D eigenvalue weighted by molar-refractivity contribution is -0.122. The molecule has 1 N–H and O–H groups in total. The second-order valence-electron chi connectivity index (χ2n) is 5.13. The number of hydrogen-bond donors (Lipinski definition) is 1. The maximum absolute atomic E-state index is 12.0. The van der Waals surface area contributed by atoms with Crippen LogP contribution in [0.15, 0.2) is 12.1 Å². The number of carbonyl (C=O) groups is 1. The third-order valence-corrected chi connectivity index (χ3v) is 5.66. The van der Waals surface area contributed by atoms with Crippen LogP contribution in [0.25, 0.3) is 20.4 Å². The predicted molar refractivity (Wildman–Crippen MR) is 83.5 cm³/mol. The first-order valence-corrected chi connectivity index (χ1v) is 8.31. The summed E-state index contributed by atoms with van der Waals surface area (Å²) in [6, 6.07) is 4.06. The molecule has 1 saturated carbocycles. The van der Waals surface area contributed by atoms with E-state index in [1.54, 1.807) is 11.3 Å². The largest absolute Gasteiger partial charge is 0.302 e. The number of nitrogens with zero attached hydrogens (tertiary/aromatic N) is 2. The van der Waals surface area contributed by atoms with Crippen molar-refractivity contribution in [3.63, 3.8) is 0 Å². The third kappa shape index (κ3) is 1.91. The molecule has 3 aromatic rings. The van der Waals surface area contributed by atoms with Crippen LogP contribution in [0, 0.1) is 12.8 Å². The number of thiazole rings is 2. The van der Waals surface area contributed by atoms with E-state index < -0.39 is 0 Å². The minimum Gasteiger partial charge on any atom is -0.302 e. The molecule has 102 valence electrons. The number of rotatable bonds is 2. The van der Waals surface area contributed by atoms with E-state index >= 15 is 0 Å². The molecule has 1 amide bonds. The second-order valence-corrected chi connectivity index (χ2v) is 7.36. The lowest BCUT2D eigenvalue weighted by atomic mass is 9.85. The fraction of sp³-hybridized carbons (Fsp3) is 0.357. The zero-order chi connectivity index (χ0) is 13.7. The van der Waals surface area contributed by atoms with Gasteiger partial charge in [0.2, 0.25) is 5.91 Å². The van der Waals surface area contributed by atoms with Gasteiger partial charge in [-0.05, 0) is 31.9 Å². The first kappa shape index (κ1) is 12.2. The standard InChI is InChI=1S/C14H13N3OS2/c1-7-15-11-10(19-7)6-5-9-12(11)20-14(16-9)17-13(18)8-3-2-4-8/h5-6,8H,2-4H2,1H3,(H,16,17,18). The van der Waals surface area contributed by atoms with Crippen molar-refractivity contribution in [1.29, 1.82) is 0 Å². The van der Waals surface area contributed by atoms with Gasteiger partial charge < -0.3 is 5.32 Å². The smallest absolute Gasteiger partial charge is 0.229 e. The molecule has 0 atom stereocenters. The minimum atomic E-state index is 0.112. The number of amides is 1. The van der Waals surface area contributed by atoms with Crippen LogP contribution in [0.5, 0.6) is 0 Å². The SMILES string of the molecule is Cc1nc2c(ccc3nc(NC(=O)C4CCC4)sc32)s1. The predicted octanol–water partition coefficient (Wildman–Crippen LogP) is 3.95. The Morgan fingerprint density at radius 3 is 2.90 bits per heavy atom. The number of nitrogens with one attached hydrogen (secondary N) is 1. The van der Waals surface area contributed by atoms with E-state index in [9.17, 15) is 4.79 Å². The number of benzene rings is 1. The summed E-state index contributed by atoms with van der Waals surface area (Å²) >= 11 is 3.21. The Morgan fingerprint density at radius 1 is 1.30 bits per heavy atom. The molecule has 0 spiro atoms. The Hall–Kier alpha value is -1.53. The Bertz CT molecular complexity index is 816. The van der Waals surface area contributed by atoms with Crippen LogP contribution >= 0.6 is 22.7 Å². The van der Waals surface area contributed by atoms with Crippen LogP contribution in [0.1, 0.15) is 24.3 Å². The van der Waals surface area contributed by atoms with Gasteiger partial charge in [0.1, 0.15) is 5.52 Å². The van der Waals surface area contributed by atoms with Crippen LogP contribution in [0.4, 0.5) is 5.13 Å². The maximum atomic E-state index is 12.0.